The quantitative estimate of drug-likeness (QED) is 0.799. The maximum atomic E-state index is 15.1. The molecular formula is C20H19FO6. The van der Waals surface area contributed by atoms with Crippen LogP contribution in [0.15, 0.2) is 48.5 Å². The van der Waals surface area contributed by atoms with Gasteiger partial charge in [-0.25, -0.2) is 14.0 Å². The Morgan fingerprint density at radius 3 is 2.44 bits per heavy atom. The van der Waals surface area contributed by atoms with E-state index in [1.807, 2.05) is 0 Å². The van der Waals surface area contributed by atoms with Gasteiger partial charge in [0.15, 0.2) is 18.1 Å². The number of alkyl halides is 1. The Balaban J connectivity index is 1.98. The summed E-state index contributed by atoms with van der Waals surface area (Å²) in [6.45, 7) is 2.63. The fraction of sp³-hybridized carbons (Fsp3) is 0.300. The van der Waals surface area contributed by atoms with Crippen LogP contribution in [0.4, 0.5) is 4.39 Å². The number of halogens is 1. The summed E-state index contributed by atoms with van der Waals surface area (Å²) in [4.78, 5) is 23.8. The van der Waals surface area contributed by atoms with E-state index in [0.717, 1.165) is 6.92 Å². The van der Waals surface area contributed by atoms with Crippen LogP contribution in [0.5, 0.6) is 0 Å². The first-order valence-corrected chi connectivity index (χ1v) is 8.34. The third-order valence-electron chi connectivity index (χ3n) is 4.75. The fourth-order valence-electron chi connectivity index (χ4n) is 3.14. The van der Waals surface area contributed by atoms with E-state index in [1.54, 1.807) is 31.2 Å². The van der Waals surface area contributed by atoms with Gasteiger partial charge in [0.25, 0.3) is 0 Å². The van der Waals surface area contributed by atoms with Crippen molar-refractivity contribution in [3.8, 4) is 0 Å². The van der Waals surface area contributed by atoms with Crippen molar-refractivity contribution >= 4 is 11.9 Å². The number of carboxylic acid groups (broad SMARTS) is 1. The number of aromatic carboxylic acids is 1. The summed E-state index contributed by atoms with van der Waals surface area (Å²) in [5.74, 6) is -1.91. The molecule has 6 nitrogen and oxygen atoms in total. The second-order valence-corrected chi connectivity index (χ2v) is 6.58. The Kier molecular flexibility index (Phi) is 4.99. The molecular weight excluding hydrogens is 355 g/mol. The molecule has 0 radical (unpaired) electrons. The number of carbonyl (C=O) groups is 2. The summed E-state index contributed by atoms with van der Waals surface area (Å²) < 4.78 is 25.8. The van der Waals surface area contributed by atoms with Crippen molar-refractivity contribution < 1.29 is 33.7 Å². The molecule has 0 bridgehead atoms. The molecule has 1 aliphatic heterocycles. The normalized spacial score (nSPS) is 27.3. The highest BCUT2D eigenvalue weighted by atomic mass is 19.1. The van der Waals surface area contributed by atoms with E-state index < -0.39 is 36.1 Å². The van der Waals surface area contributed by atoms with Gasteiger partial charge in [-0.2, -0.15) is 0 Å². The van der Waals surface area contributed by atoms with Crippen LogP contribution in [0.2, 0.25) is 0 Å². The molecule has 2 N–H and O–H groups in total. The van der Waals surface area contributed by atoms with Gasteiger partial charge in [-0.15, -0.1) is 0 Å². The number of aliphatic hydroxyl groups excluding tert-OH is 1. The molecule has 1 fully saturated rings. The van der Waals surface area contributed by atoms with Crippen molar-refractivity contribution in [3.05, 3.63) is 70.8 Å². The van der Waals surface area contributed by atoms with Crippen LogP contribution >= 0.6 is 0 Å². The van der Waals surface area contributed by atoms with Crippen molar-refractivity contribution in [2.24, 2.45) is 0 Å². The number of hydrogen-bond donors (Lipinski definition) is 2. The maximum Gasteiger partial charge on any atom is 0.338 e. The number of ether oxygens (including phenoxy) is 2. The second-order valence-electron chi connectivity index (χ2n) is 6.58. The van der Waals surface area contributed by atoms with Gasteiger partial charge in [-0.05, 0) is 43.2 Å². The number of carbonyl (C=O) groups excluding carboxylic acids is 1. The second kappa shape index (κ2) is 7.09. The minimum atomic E-state index is -2.37. The number of benzene rings is 2. The molecule has 142 valence electrons. The van der Waals surface area contributed by atoms with Crippen LogP contribution < -0.4 is 0 Å². The van der Waals surface area contributed by atoms with Gasteiger partial charge in [0, 0.05) is 0 Å². The molecule has 1 unspecified atom stereocenters. The summed E-state index contributed by atoms with van der Waals surface area (Å²) in [7, 11) is 0. The topological polar surface area (TPSA) is 93.1 Å². The van der Waals surface area contributed by atoms with Crippen LogP contribution in [-0.4, -0.2) is 40.2 Å². The van der Waals surface area contributed by atoms with E-state index in [1.165, 1.54) is 24.3 Å². The zero-order chi connectivity index (χ0) is 19.8. The zero-order valence-corrected chi connectivity index (χ0v) is 14.8. The van der Waals surface area contributed by atoms with E-state index in [-0.39, 0.29) is 11.1 Å². The Morgan fingerprint density at radius 2 is 1.81 bits per heavy atom. The number of aliphatic hydroxyl groups is 1. The molecule has 0 aliphatic carbocycles. The van der Waals surface area contributed by atoms with Gasteiger partial charge in [-0.3, -0.25) is 0 Å². The van der Waals surface area contributed by atoms with Gasteiger partial charge in [0.05, 0.1) is 11.1 Å². The van der Waals surface area contributed by atoms with E-state index >= 15 is 4.39 Å². The highest BCUT2D eigenvalue weighted by molar-refractivity contribution is 5.90. The summed E-state index contributed by atoms with van der Waals surface area (Å²) in [6.07, 6.45) is -4.44. The van der Waals surface area contributed by atoms with Crippen LogP contribution in [0, 0.1) is 6.92 Å². The molecule has 0 amide bonds. The Morgan fingerprint density at radius 1 is 1.15 bits per heavy atom. The molecule has 1 aliphatic rings. The summed E-state index contributed by atoms with van der Waals surface area (Å²) >= 11 is 0. The predicted molar refractivity (Wildman–Crippen MR) is 93.1 cm³/mol. The van der Waals surface area contributed by atoms with Gasteiger partial charge in [0.2, 0.25) is 0 Å². The molecule has 0 aromatic heterocycles. The van der Waals surface area contributed by atoms with E-state index in [4.69, 9.17) is 9.47 Å². The van der Waals surface area contributed by atoms with Crippen LogP contribution in [0.3, 0.4) is 0 Å². The average Bonchev–Trinajstić information content (AvgIpc) is 2.85. The molecule has 0 saturated carbocycles. The average molecular weight is 374 g/mol. The van der Waals surface area contributed by atoms with Crippen LogP contribution in [-0.2, 0) is 9.47 Å². The lowest BCUT2D eigenvalue weighted by Gasteiger charge is -2.26. The number of esters is 1. The standard InChI is InChI=1S/C20H19FO6/c1-11-13(9-6-10-14(11)17(22)23)15-16(20(2,21)19(25)26-15)27-18(24)12-7-4-3-5-8-12/h3-10,15-16,19,25H,1-2H3,(H,22,23)/t15-,16-,19?,20-/m1/s1. The molecule has 27 heavy (non-hydrogen) atoms. The molecule has 0 spiro atoms. The summed E-state index contributed by atoms with van der Waals surface area (Å²) in [5.41, 5.74) is -1.45. The minimum Gasteiger partial charge on any atom is -0.478 e. The van der Waals surface area contributed by atoms with E-state index in [0.29, 0.717) is 11.1 Å². The molecule has 4 atom stereocenters. The SMILES string of the molecule is Cc1c(C(=O)O)cccc1[C@H]1OC(O)[C@](C)(F)[C@@H]1OC(=O)c1ccccc1. The third-order valence-corrected chi connectivity index (χ3v) is 4.75. The lowest BCUT2D eigenvalue weighted by atomic mass is 9.91. The molecule has 3 rings (SSSR count). The first-order chi connectivity index (χ1) is 12.7. The predicted octanol–water partition coefficient (Wildman–Crippen LogP) is 3.04. The molecule has 7 heteroatoms. The first kappa shape index (κ1) is 19.0. The Labute approximate surface area is 155 Å². The minimum absolute atomic E-state index is 0.0196. The number of carboxylic acids is 1. The monoisotopic (exact) mass is 374 g/mol. The Bertz CT molecular complexity index is 864. The van der Waals surface area contributed by atoms with Crippen molar-refractivity contribution in [3.63, 3.8) is 0 Å². The van der Waals surface area contributed by atoms with Crippen molar-refractivity contribution in [2.45, 2.75) is 38.0 Å². The highest BCUT2D eigenvalue weighted by Crippen LogP contribution is 2.44. The zero-order valence-electron chi connectivity index (χ0n) is 14.8. The van der Waals surface area contributed by atoms with Gasteiger partial charge < -0.3 is 19.7 Å². The van der Waals surface area contributed by atoms with E-state index in [9.17, 15) is 19.8 Å². The van der Waals surface area contributed by atoms with Crippen molar-refractivity contribution in [2.75, 3.05) is 0 Å². The van der Waals surface area contributed by atoms with Gasteiger partial charge in [0.1, 0.15) is 6.10 Å². The molecule has 1 saturated heterocycles. The maximum absolute atomic E-state index is 15.1. The third kappa shape index (κ3) is 3.43. The largest absolute Gasteiger partial charge is 0.478 e. The van der Waals surface area contributed by atoms with Crippen LogP contribution in [0.1, 0.15) is 44.9 Å². The first-order valence-electron chi connectivity index (χ1n) is 8.34. The molecule has 2 aromatic rings. The van der Waals surface area contributed by atoms with Crippen molar-refractivity contribution in [1.29, 1.82) is 0 Å². The highest BCUT2D eigenvalue weighted by Gasteiger charge is 2.57. The summed E-state index contributed by atoms with van der Waals surface area (Å²) in [6, 6.07) is 12.5. The van der Waals surface area contributed by atoms with Gasteiger partial charge in [-0.1, -0.05) is 30.3 Å². The summed E-state index contributed by atoms with van der Waals surface area (Å²) in [5, 5.41) is 19.3. The fourth-order valence-corrected chi connectivity index (χ4v) is 3.14. The number of rotatable bonds is 4. The van der Waals surface area contributed by atoms with Gasteiger partial charge >= 0.3 is 11.9 Å². The van der Waals surface area contributed by atoms with Crippen molar-refractivity contribution in [1.82, 2.24) is 0 Å². The molecule has 1 heterocycles. The lowest BCUT2D eigenvalue weighted by molar-refractivity contribution is -0.140. The number of hydrogen-bond acceptors (Lipinski definition) is 5. The van der Waals surface area contributed by atoms with Crippen LogP contribution in [0.25, 0.3) is 0 Å². The lowest BCUT2D eigenvalue weighted by Crippen LogP contribution is -2.42. The molecule has 2 aromatic carbocycles. The van der Waals surface area contributed by atoms with E-state index in [2.05, 4.69) is 0 Å². The Hall–Kier alpha value is -2.77. The smallest absolute Gasteiger partial charge is 0.338 e.